The van der Waals surface area contributed by atoms with Crippen LogP contribution < -0.4 is 14.8 Å². The highest BCUT2D eigenvalue weighted by molar-refractivity contribution is 6.02. The average molecular weight is 468 g/mol. The monoisotopic (exact) mass is 467 g/mol. The minimum Gasteiger partial charge on any atom is -0.486 e. The van der Waals surface area contributed by atoms with E-state index in [2.05, 4.69) is 23.4 Å². The summed E-state index contributed by atoms with van der Waals surface area (Å²) in [6.45, 7) is 2.57. The van der Waals surface area contributed by atoms with Gasteiger partial charge in [-0.2, -0.15) is 5.10 Å². The van der Waals surface area contributed by atoms with Crippen molar-refractivity contribution in [1.82, 2.24) is 9.78 Å². The number of aryl methyl sites for hydroxylation is 1. The Balaban J connectivity index is 1.13. The molecular weight excluding hydrogens is 442 g/mol. The zero-order valence-corrected chi connectivity index (χ0v) is 19.3. The quantitative estimate of drug-likeness (QED) is 0.285. The summed E-state index contributed by atoms with van der Waals surface area (Å²) in [5, 5.41) is 9.27. The third kappa shape index (κ3) is 5.52. The molecule has 0 aliphatic heterocycles. The zero-order chi connectivity index (χ0) is 24.0. The lowest BCUT2D eigenvalue weighted by Gasteiger charge is -2.06. The molecule has 0 spiro atoms. The van der Waals surface area contributed by atoms with Gasteiger partial charge in [0.1, 0.15) is 23.9 Å². The number of aromatic nitrogens is 2. The fraction of sp³-hybridized carbons (Fsp3) is 0.143. The molecule has 176 valence electrons. The van der Waals surface area contributed by atoms with Crippen molar-refractivity contribution in [3.8, 4) is 11.5 Å². The predicted molar refractivity (Wildman–Crippen MR) is 134 cm³/mol. The molecule has 0 atom stereocenters. The van der Waals surface area contributed by atoms with Gasteiger partial charge in [0, 0.05) is 0 Å². The van der Waals surface area contributed by atoms with E-state index in [9.17, 15) is 4.79 Å². The van der Waals surface area contributed by atoms with E-state index in [1.807, 2.05) is 60.7 Å². The van der Waals surface area contributed by atoms with E-state index in [4.69, 9.17) is 13.9 Å². The van der Waals surface area contributed by atoms with Crippen LogP contribution in [0.5, 0.6) is 11.5 Å². The van der Waals surface area contributed by atoms with Crippen LogP contribution in [0.1, 0.15) is 28.8 Å². The number of rotatable bonds is 9. The number of hydrogen-bond donors (Lipinski definition) is 1. The second kappa shape index (κ2) is 10.2. The Morgan fingerprint density at radius 1 is 0.943 bits per heavy atom. The number of ether oxygens (including phenoxy) is 2. The Hall–Kier alpha value is -4.52. The average Bonchev–Trinajstić information content (AvgIpc) is 3.56. The first kappa shape index (κ1) is 22.3. The standard InChI is InChI=1S/C28H25N3O4/c1-2-20-7-10-24(11-8-20)34-19-31-17-23(16-29-31)30-28(32)27-14-13-26(35-27)18-33-25-12-9-21-5-3-4-6-22(21)15-25/h3-17H,2,18-19H2,1H3,(H,30,32). The number of anilines is 1. The molecule has 5 rings (SSSR count). The molecular formula is C28H25N3O4. The van der Waals surface area contributed by atoms with Crippen molar-refractivity contribution in [3.63, 3.8) is 0 Å². The number of benzene rings is 3. The summed E-state index contributed by atoms with van der Waals surface area (Å²) in [5.41, 5.74) is 1.80. The highest BCUT2D eigenvalue weighted by Crippen LogP contribution is 2.22. The predicted octanol–water partition coefficient (Wildman–Crippen LogP) is 6.06. The van der Waals surface area contributed by atoms with Crippen molar-refractivity contribution in [1.29, 1.82) is 0 Å². The Kier molecular flexibility index (Phi) is 6.48. The molecule has 0 saturated carbocycles. The molecule has 1 N–H and O–H groups in total. The number of nitrogens with zero attached hydrogens (tertiary/aromatic N) is 2. The molecule has 35 heavy (non-hydrogen) atoms. The van der Waals surface area contributed by atoms with Crippen LogP contribution in [0.3, 0.4) is 0 Å². The van der Waals surface area contributed by atoms with Crippen LogP contribution in [0.2, 0.25) is 0 Å². The number of hydrogen-bond acceptors (Lipinski definition) is 5. The molecule has 0 aliphatic rings. The lowest BCUT2D eigenvalue weighted by atomic mass is 10.1. The van der Waals surface area contributed by atoms with Crippen LogP contribution in [0.25, 0.3) is 10.8 Å². The summed E-state index contributed by atoms with van der Waals surface area (Å²) >= 11 is 0. The van der Waals surface area contributed by atoms with Gasteiger partial charge in [-0.1, -0.05) is 49.4 Å². The Morgan fingerprint density at radius 2 is 1.74 bits per heavy atom. The van der Waals surface area contributed by atoms with Crippen LogP contribution in [0.15, 0.2) is 95.7 Å². The van der Waals surface area contributed by atoms with Gasteiger partial charge in [0.05, 0.1) is 18.1 Å². The summed E-state index contributed by atoms with van der Waals surface area (Å²) in [6.07, 6.45) is 4.25. The molecule has 0 aliphatic carbocycles. The Morgan fingerprint density at radius 3 is 2.57 bits per heavy atom. The molecule has 7 heteroatoms. The molecule has 1 amide bonds. The van der Waals surface area contributed by atoms with Crippen molar-refractivity contribution in [2.24, 2.45) is 0 Å². The number of carbonyl (C=O) groups excluding carboxylic acids is 1. The van der Waals surface area contributed by atoms with E-state index in [0.29, 0.717) is 11.4 Å². The van der Waals surface area contributed by atoms with E-state index in [0.717, 1.165) is 28.7 Å². The van der Waals surface area contributed by atoms with Crippen molar-refractivity contribution in [2.75, 3.05) is 5.32 Å². The van der Waals surface area contributed by atoms with Crippen LogP contribution in [-0.2, 0) is 19.8 Å². The molecule has 0 saturated heterocycles. The van der Waals surface area contributed by atoms with Gasteiger partial charge in [-0.15, -0.1) is 0 Å². The molecule has 2 heterocycles. The molecule has 0 unspecified atom stereocenters. The largest absolute Gasteiger partial charge is 0.486 e. The maximum atomic E-state index is 12.6. The number of fused-ring (bicyclic) bond motifs is 1. The smallest absolute Gasteiger partial charge is 0.291 e. The molecule has 2 aromatic heterocycles. The maximum absolute atomic E-state index is 12.6. The van der Waals surface area contributed by atoms with Crippen molar-refractivity contribution >= 4 is 22.4 Å². The summed E-state index contributed by atoms with van der Waals surface area (Å²) in [5.74, 6) is 1.89. The van der Waals surface area contributed by atoms with Crippen molar-refractivity contribution in [3.05, 3.63) is 108 Å². The Labute approximate surface area is 202 Å². The first-order valence-electron chi connectivity index (χ1n) is 11.4. The van der Waals surface area contributed by atoms with Gasteiger partial charge in [0.2, 0.25) is 0 Å². The molecule has 7 nitrogen and oxygen atoms in total. The van der Waals surface area contributed by atoms with Gasteiger partial charge in [-0.3, -0.25) is 4.79 Å². The highest BCUT2D eigenvalue weighted by Gasteiger charge is 2.13. The number of carbonyl (C=O) groups is 1. The lowest BCUT2D eigenvalue weighted by molar-refractivity contribution is 0.0992. The van der Waals surface area contributed by atoms with Crippen LogP contribution >= 0.6 is 0 Å². The van der Waals surface area contributed by atoms with Gasteiger partial charge >= 0.3 is 0 Å². The van der Waals surface area contributed by atoms with Crippen molar-refractivity contribution in [2.45, 2.75) is 26.7 Å². The number of amides is 1. The second-order valence-corrected chi connectivity index (χ2v) is 8.06. The summed E-state index contributed by atoms with van der Waals surface area (Å²) < 4.78 is 18.9. The fourth-order valence-corrected chi connectivity index (χ4v) is 3.64. The zero-order valence-electron chi connectivity index (χ0n) is 19.3. The third-order valence-corrected chi connectivity index (χ3v) is 5.57. The van der Waals surface area contributed by atoms with Crippen LogP contribution in [0, 0.1) is 0 Å². The first-order chi connectivity index (χ1) is 17.2. The van der Waals surface area contributed by atoms with E-state index in [1.54, 1.807) is 29.2 Å². The van der Waals surface area contributed by atoms with E-state index >= 15 is 0 Å². The van der Waals surface area contributed by atoms with E-state index in [1.165, 1.54) is 5.56 Å². The minimum atomic E-state index is -0.363. The molecule has 3 aromatic carbocycles. The topological polar surface area (TPSA) is 78.5 Å². The van der Waals surface area contributed by atoms with E-state index < -0.39 is 0 Å². The summed E-state index contributed by atoms with van der Waals surface area (Å²) in [4.78, 5) is 12.6. The third-order valence-electron chi connectivity index (χ3n) is 5.57. The molecule has 0 fully saturated rings. The molecule has 0 bridgehead atoms. The van der Waals surface area contributed by atoms with Gasteiger partial charge in [0.15, 0.2) is 12.5 Å². The number of nitrogens with one attached hydrogen (secondary N) is 1. The normalized spacial score (nSPS) is 10.9. The highest BCUT2D eigenvalue weighted by atomic mass is 16.5. The van der Waals surface area contributed by atoms with E-state index in [-0.39, 0.29) is 25.0 Å². The lowest BCUT2D eigenvalue weighted by Crippen LogP contribution is -2.10. The fourth-order valence-electron chi connectivity index (χ4n) is 3.64. The SMILES string of the molecule is CCc1ccc(OCn2cc(NC(=O)c3ccc(COc4ccc5ccccc5c4)o3)cn2)cc1. The summed E-state index contributed by atoms with van der Waals surface area (Å²) in [7, 11) is 0. The minimum absolute atomic E-state index is 0.196. The van der Waals surface area contributed by atoms with Crippen LogP contribution in [-0.4, -0.2) is 15.7 Å². The second-order valence-electron chi connectivity index (χ2n) is 8.06. The number of furan rings is 1. The molecule has 5 aromatic rings. The van der Waals surface area contributed by atoms with Crippen molar-refractivity contribution < 1.29 is 18.7 Å². The van der Waals surface area contributed by atoms with Gasteiger partial charge in [-0.05, 0) is 59.2 Å². The van der Waals surface area contributed by atoms with Crippen LogP contribution in [0.4, 0.5) is 5.69 Å². The van der Waals surface area contributed by atoms with Gasteiger partial charge in [-0.25, -0.2) is 4.68 Å². The summed E-state index contributed by atoms with van der Waals surface area (Å²) in [6, 6.07) is 25.3. The first-order valence-corrected chi connectivity index (χ1v) is 11.4. The maximum Gasteiger partial charge on any atom is 0.291 e. The van der Waals surface area contributed by atoms with Gasteiger partial charge < -0.3 is 19.2 Å². The Bertz CT molecular complexity index is 1440. The molecule has 0 radical (unpaired) electrons. The van der Waals surface area contributed by atoms with Gasteiger partial charge in [0.25, 0.3) is 5.91 Å².